The first-order valence-electron chi connectivity index (χ1n) is 5.43. The van der Waals surface area contributed by atoms with Crippen LogP contribution in [-0.4, -0.2) is 41.3 Å². The number of nitrogens with zero attached hydrogens (tertiary/aromatic N) is 2. The van der Waals surface area contributed by atoms with Crippen molar-refractivity contribution in [3.8, 4) is 5.75 Å². The van der Waals surface area contributed by atoms with E-state index in [4.69, 9.17) is 9.47 Å². The Kier molecular flexibility index (Phi) is 4.03. The van der Waals surface area contributed by atoms with Gasteiger partial charge < -0.3 is 9.47 Å². The fourth-order valence-corrected chi connectivity index (χ4v) is 1.46. The van der Waals surface area contributed by atoms with Gasteiger partial charge in [-0.15, -0.1) is 0 Å². The molecule has 94 valence electrons. The number of carbonyl (C=O) groups is 1. The number of hydrogen-bond acceptors (Lipinski definition) is 5. The summed E-state index contributed by atoms with van der Waals surface area (Å²) in [6.07, 6.45) is 1.29. The molecule has 6 nitrogen and oxygen atoms in total. The fraction of sp³-hybridized carbons (Fsp3) is 0.250. The minimum Gasteiger partial charge on any atom is -0.490 e. The van der Waals surface area contributed by atoms with Crippen LogP contribution in [0, 0.1) is 0 Å². The van der Waals surface area contributed by atoms with Crippen molar-refractivity contribution >= 4 is 5.78 Å². The predicted octanol–water partition coefficient (Wildman–Crippen LogP) is 1.06. The van der Waals surface area contributed by atoms with Gasteiger partial charge in [0.2, 0.25) is 5.78 Å². The molecule has 1 heterocycles. The highest BCUT2D eigenvalue weighted by Gasteiger charge is 2.16. The van der Waals surface area contributed by atoms with E-state index in [0.29, 0.717) is 24.5 Å². The van der Waals surface area contributed by atoms with Crippen LogP contribution in [0.2, 0.25) is 0 Å². The van der Waals surface area contributed by atoms with E-state index in [1.165, 1.54) is 6.33 Å². The first-order valence-corrected chi connectivity index (χ1v) is 5.43. The van der Waals surface area contributed by atoms with Crippen LogP contribution in [0.15, 0.2) is 30.6 Å². The van der Waals surface area contributed by atoms with Crippen molar-refractivity contribution in [3.63, 3.8) is 0 Å². The van der Waals surface area contributed by atoms with E-state index < -0.39 is 0 Å². The third-order valence-corrected chi connectivity index (χ3v) is 2.31. The number of ether oxygens (including phenoxy) is 2. The molecule has 0 saturated carbocycles. The quantitative estimate of drug-likeness (QED) is 0.610. The van der Waals surface area contributed by atoms with Gasteiger partial charge in [0.1, 0.15) is 18.7 Å². The molecule has 1 N–H and O–H groups in total. The summed E-state index contributed by atoms with van der Waals surface area (Å²) in [5, 5.41) is 6.20. The standard InChI is InChI=1S/C12H13N3O3/c1-17-6-7-18-10-5-3-2-4-9(10)11(16)12-13-8-14-15-12/h2-5,8H,6-7H2,1H3,(H,13,14,15). The van der Waals surface area contributed by atoms with Gasteiger partial charge in [0.15, 0.2) is 5.82 Å². The summed E-state index contributed by atoms with van der Waals surface area (Å²) in [6, 6.07) is 7.00. The van der Waals surface area contributed by atoms with E-state index in [2.05, 4.69) is 15.2 Å². The van der Waals surface area contributed by atoms with Gasteiger partial charge in [0.05, 0.1) is 12.2 Å². The molecule has 1 aromatic heterocycles. The highest BCUT2D eigenvalue weighted by molar-refractivity contribution is 6.08. The van der Waals surface area contributed by atoms with E-state index in [0.717, 1.165) is 0 Å². The SMILES string of the molecule is COCCOc1ccccc1C(=O)c1ncn[nH]1. The monoisotopic (exact) mass is 247 g/mol. The van der Waals surface area contributed by atoms with Crippen LogP contribution in [0.3, 0.4) is 0 Å². The van der Waals surface area contributed by atoms with E-state index in [1.54, 1.807) is 31.4 Å². The zero-order valence-electron chi connectivity index (χ0n) is 9.92. The molecule has 0 fully saturated rings. The van der Waals surface area contributed by atoms with Gasteiger partial charge in [0, 0.05) is 7.11 Å². The van der Waals surface area contributed by atoms with Crippen LogP contribution in [0.1, 0.15) is 16.2 Å². The summed E-state index contributed by atoms with van der Waals surface area (Å²) >= 11 is 0. The normalized spacial score (nSPS) is 10.3. The zero-order chi connectivity index (χ0) is 12.8. The Hall–Kier alpha value is -2.21. The molecule has 0 atom stereocenters. The number of rotatable bonds is 6. The van der Waals surface area contributed by atoms with E-state index in [9.17, 15) is 4.79 Å². The van der Waals surface area contributed by atoms with Gasteiger partial charge in [-0.05, 0) is 12.1 Å². The molecule has 0 radical (unpaired) electrons. The van der Waals surface area contributed by atoms with E-state index in [1.807, 2.05) is 0 Å². The number of ketones is 1. The molecule has 0 saturated heterocycles. The second-order valence-electron chi connectivity index (χ2n) is 3.50. The van der Waals surface area contributed by atoms with Crippen LogP contribution >= 0.6 is 0 Å². The molecule has 0 unspecified atom stereocenters. The summed E-state index contributed by atoms with van der Waals surface area (Å²) in [6.45, 7) is 0.849. The summed E-state index contributed by atoms with van der Waals surface area (Å²) < 4.78 is 10.4. The maximum absolute atomic E-state index is 12.1. The maximum atomic E-state index is 12.1. The van der Waals surface area contributed by atoms with Crippen molar-refractivity contribution in [2.45, 2.75) is 0 Å². The summed E-state index contributed by atoms with van der Waals surface area (Å²) in [5.74, 6) is 0.453. The molecule has 1 aromatic carbocycles. The molecule has 6 heteroatoms. The van der Waals surface area contributed by atoms with Gasteiger partial charge in [-0.1, -0.05) is 12.1 Å². The van der Waals surface area contributed by atoms with Crippen LogP contribution < -0.4 is 4.74 Å². The van der Waals surface area contributed by atoms with Crippen molar-refractivity contribution in [2.75, 3.05) is 20.3 Å². The highest BCUT2D eigenvalue weighted by atomic mass is 16.5. The van der Waals surface area contributed by atoms with Crippen molar-refractivity contribution in [3.05, 3.63) is 42.0 Å². The lowest BCUT2D eigenvalue weighted by Gasteiger charge is -2.09. The number of aromatic amines is 1. The van der Waals surface area contributed by atoms with Crippen molar-refractivity contribution in [1.82, 2.24) is 15.2 Å². The third-order valence-electron chi connectivity index (χ3n) is 2.31. The zero-order valence-corrected chi connectivity index (χ0v) is 9.92. The lowest BCUT2D eigenvalue weighted by atomic mass is 10.1. The van der Waals surface area contributed by atoms with Crippen molar-refractivity contribution < 1.29 is 14.3 Å². The number of benzene rings is 1. The molecule has 18 heavy (non-hydrogen) atoms. The lowest BCUT2D eigenvalue weighted by molar-refractivity contribution is 0.102. The third kappa shape index (κ3) is 2.72. The molecule has 0 aliphatic rings. The summed E-state index contributed by atoms with van der Waals surface area (Å²) in [4.78, 5) is 15.9. The first kappa shape index (κ1) is 12.3. The molecular formula is C12H13N3O3. The van der Waals surface area contributed by atoms with Crippen LogP contribution in [0.4, 0.5) is 0 Å². The minimum atomic E-state index is -0.250. The predicted molar refractivity (Wildman–Crippen MR) is 63.6 cm³/mol. The second-order valence-corrected chi connectivity index (χ2v) is 3.50. The van der Waals surface area contributed by atoms with Crippen molar-refractivity contribution in [2.24, 2.45) is 0 Å². The van der Waals surface area contributed by atoms with Crippen LogP contribution in [0.25, 0.3) is 0 Å². The highest BCUT2D eigenvalue weighted by Crippen LogP contribution is 2.20. The summed E-state index contributed by atoms with van der Waals surface area (Å²) in [5.41, 5.74) is 0.449. The molecule has 2 rings (SSSR count). The topological polar surface area (TPSA) is 77.1 Å². The largest absolute Gasteiger partial charge is 0.490 e. The van der Waals surface area contributed by atoms with Gasteiger partial charge in [-0.2, -0.15) is 5.10 Å². The smallest absolute Gasteiger partial charge is 0.233 e. The Labute approximate surface area is 104 Å². The number of hydrogen-bond donors (Lipinski definition) is 1. The number of carbonyl (C=O) groups excluding carboxylic acids is 1. The number of aromatic nitrogens is 3. The Morgan fingerprint density at radius 1 is 1.33 bits per heavy atom. The van der Waals surface area contributed by atoms with E-state index >= 15 is 0 Å². The first-order chi connectivity index (χ1) is 8.83. The molecule has 2 aromatic rings. The Morgan fingerprint density at radius 3 is 2.89 bits per heavy atom. The number of H-pyrrole nitrogens is 1. The maximum Gasteiger partial charge on any atom is 0.233 e. The Balaban J connectivity index is 2.19. The lowest BCUT2D eigenvalue weighted by Crippen LogP contribution is -2.10. The Morgan fingerprint density at radius 2 is 2.17 bits per heavy atom. The van der Waals surface area contributed by atoms with Crippen molar-refractivity contribution in [1.29, 1.82) is 0 Å². The summed E-state index contributed by atoms with van der Waals surface area (Å²) in [7, 11) is 1.59. The Bertz CT molecular complexity index is 511. The number of nitrogens with one attached hydrogen (secondary N) is 1. The minimum absolute atomic E-state index is 0.192. The molecule has 0 aliphatic carbocycles. The van der Waals surface area contributed by atoms with E-state index in [-0.39, 0.29) is 11.6 Å². The van der Waals surface area contributed by atoms with Gasteiger partial charge in [-0.3, -0.25) is 9.89 Å². The second kappa shape index (κ2) is 5.92. The fourth-order valence-electron chi connectivity index (χ4n) is 1.46. The number of para-hydroxylation sites is 1. The number of methoxy groups -OCH3 is 1. The molecule has 0 amide bonds. The average Bonchev–Trinajstić information content (AvgIpc) is 2.93. The molecule has 0 spiro atoms. The molecular weight excluding hydrogens is 234 g/mol. The average molecular weight is 247 g/mol. The van der Waals surface area contributed by atoms with Gasteiger partial charge in [0.25, 0.3) is 0 Å². The molecule has 0 bridgehead atoms. The van der Waals surface area contributed by atoms with Gasteiger partial charge >= 0.3 is 0 Å². The van der Waals surface area contributed by atoms with Crippen LogP contribution in [-0.2, 0) is 4.74 Å². The van der Waals surface area contributed by atoms with Gasteiger partial charge in [-0.25, -0.2) is 4.98 Å². The van der Waals surface area contributed by atoms with Crippen LogP contribution in [0.5, 0.6) is 5.75 Å². The molecule has 0 aliphatic heterocycles.